The molecule has 0 saturated carbocycles. The molecule has 0 spiro atoms. The van der Waals surface area contributed by atoms with Gasteiger partial charge in [-0.1, -0.05) is 30.3 Å². The minimum absolute atomic E-state index is 0. The molecule has 4 nitrogen and oxygen atoms in total. The van der Waals surface area contributed by atoms with Crippen molar-refractivity contribution in [1.82, 2.24) is 15.2 Å². The summed E-state index contributed by atoms with van der Waals surface area (Å²) in [5.74, 6) is 1.80. The van der Waals surface area contributed by atoms with Gasteiger partial charge in [0.15, 0.2) is 5.96 Å². The Hall–Kier alpha value is -1.15. The van der Waals surface area contributed by atoms with Gasteiger partial charge in [-0.05, 0) is 37.7 Å². The van der Waals surface area contributed by atoms with E-state index in [-0.39, 0.29) is 24.0 Å². The van der Waals surface area contributed by atoms with Crippen LogP contribution in [0.5, 0.6) is 0 Å². The maximum absolute atomic E-state index is 4.46. The molecule has 0 bridgehead atoms. The molecule has 136 valence electrons. The van der Waals surface area contributed by atoms with E-state index < -0.39 is 0 Å². The predicted molar refractivity (Wildman–Crippen MR) is 117 cm³/mol. The van der Waals surface area contributed by atoms with Gasteiger partial charge in [-0.15, -0.1) is 35.3 Å². The minimum atomic E-state index is 0. The molecule has 0 unspecified atom stereocenters. The highest BCUT2D eigenvalue weighted by Gasteiger charge is 2.21. The van der Waals surface area contributed by atoms with Crippen LogP contribution in [0.4, 0.5) is 0 Å². The Kier molecular flexibility index (Phi) is 8.15. The molecule has 1 aliphatic rings. The number of aromatic nitrogens is 1. The van der Waals surface area contributed by atoms with E-state index in [4.69, 9.17) is 0 Å². The Morgan fingerprint density at radius 1 is 1.28 bits per heavy atom. The van der Waals surface area contributed by atoms with Crippen LogP contribution in [-0.4, -0.2) is 36.0 Å². The van der Waals surface area contributed by atoms with E-state index in [1.165, 1.54) is 29.7 Å². The standard InChI is InChI=1S/C19H26N4S.HI/c1-15-21-13-18(24-15)14-22-19(20-2)23-10-8-17(9-11-23)12-16-6-4-3-5-7-16;/h3-7,13,17H,8-12,14H2,1-2H3,(H,20,22);1H. The molecule has 3 rings (SSSR count). The lowest BCUT2D eigenvalue weighted by molar-refractivity contribution is 0.259. The van der Waals surface area contributed by atoms with Crippen molar-refractivity contribution in [3.05, 3.63) is 52.0 Å². The van der Waals surface area contributed by atoms with Crippen LogP contribution in [0.2, 0.25) is 0 Å². The van der Waals surface area contributed by atoms with Crippen molar-refractivity contribution >= 4 is 41.3 Å². The average Bonchev–Trinajstić information content (AvgIpc) is 3.03. The van der Waals surface area contributed by atoms with Gasteiger partial charge in [-0.2, -0.15) is 0 Å². The number of piperidine rings is 1. The Bertz CT molecular complexity index is 663. The van der Waals surface area contributed by atoms with Crippen molar-refractivity contribution in [1.29, 1.82) is 0 Å². The molecule has 0 amide bonds. The molecule has 1 fully saturated rings. The fourth-order valence-corrected chi connectivity index (χ4v) is 4.02. The maximum atomic E-state index is 4.46. The molecule has 0 radical (unpaired) electrons. The number of guanidine groups is 1. The van der Waals surface area contributed by atoms with Crippen molar-refractivity contribution in [2.75, 3.05) is 20.1 Å². The normalized spacial score (nSPS) is 15.8. The number of likely N-dealkylation sites (tertiary alicyclic amines) is 1. The fourth-order valence-electron chi connectivity index (χ4n) is 3.28. The van der Waals surface area contributed by atoms with Crippen LogP contribution in [0.25, 0.3) is 0 Å². The largest absolute Gasteiger partial charge is 0.351 e. The van der Waals surface area contributed by atoms with Gasteiger partial charge in [-0.3, -0.25) is 4.99 Å². The summed E-state index contributed by atoms with van der Waals surface area (Å²) >= 11 is 1.74. The Morgan fingerprint density at radius 3 is 2.60 bits per heavy atom. The average molecular weight is 470 g/mol. The van der Waals surface area contributed by atoms with E-state index in [1.807, 2.05) is 20.2 Å². The maximum Gasteiger partial charge on any atom is 0.193 e. The van der Waals surface area contributed by atoms with E-state index in [1.54, 1.807) is 11.3 Å². The highest BCUT2D eigenvalue weighted by molar-refractivity contribution is 14.0. The molecule has 1 aliphatic heterocycles. The van der Waals surface area contributed by atoms with Crippen molar-refractivity contribution in [2.24, 2.45) is 10.9 Å². The molecule has 1 saturated heterocycles. The van der Waals surface area contributed by atoms with Gasteiger partial charge in [0, 0.05) is 31.2 Å². The number of rotatable bonds is 4. The third-order valence-electron chi connectivity index (χ3n) is 4.58. The molecular formula is C19H27IN4S. The number of benzene rings is 1. The lowest BCUT2D eigenvalue weighted by Gasteiger charge is -2.34. The summed E-state index contributed by atoms with van der Waals surface area (Å²) in [5, 5.41) is 4.59. The summed E-state index contributed by atoms with van der Waals surface area (Å²) < 4.78 is 0. The van der Waals surface area contributed by atoms with E-state index in [9.17, 15) is 0 Å². The topological polar surface area (TPSA) is 40.5 Å². The second-order valence-electron chi connectivity index (χ2n) is 6.37. The summed E-state index contributed by atoms with van der Waals surface area (Å²) in [6.07, 6.45) is 5.61. The van der Waals surface area contributed by atoms with Gasteiger partial charge < -0.3 is 10.2 Å². The summed E-state index contributed by atoms with van der Waals surface area (Å²) in [6, 6.07) is 10.8. The summed E-state index contributed by atoms with van der Waals surface area (Å²) in [5.41, 5.74) is 1.46. The predicted octanol–water partition coefficient (Wildman–Crippen LogP) is 4.10. The number of aliphatic imine (C=N–C) groups is 1. The van der Waals surface area contributed by atoms with Crippen molar-refractivity contribution in [2.45, 2.75) is 32.7 Å². The van der Waals surface area contributed by atoms with Crippen molar-refractivity contribution in [3.63, 3.8) is 0 Å². The Balaban J connectivity index is 0.00000225. The fraction of sp³-hybridized carbons (Fsp3) is 0.474. The van der Waals surface area contributed by atoms with Gasteiger partial charge in [0.2, 0.25) is 0 Å². The first-order chi connectivity index (χ1) is 11.7. The van der Waals surface area contributed by atoms with Crippen LogP contribution < -0.4 is 5.32 Å². The molecule has 1 aromatic heterocycles. The van der Waals surface area contributed by atoms with Gasteiger partial charge in [0.05, 0.1) is 11.6 Å². The van der Waals surface area contributed by atoms with E-state index in [0.29, 0.717) is 0 Å². The SMILES string of the molecule is CN=C(NCc1cnc(C)s1)N1CCC(Cc2ccccc2)CC1.I. The number of hydrogen-bond donors (Lipinski definition) is 1. The van der Waals surface area contributed by atoms with Crippen molar-refractivity contribution < 1.29 is 0 Å². The highest BCUT2D eigenvalue weighted by atomic mass is 127. The number of hydrogen-bond acceptors (Lipinski definition) is 3. The molecule has 2 aromatic rings. The molecule has 1 N–H and O–H groups in total. The summed E-state index contributed by atoms with van der Waals surface area (Å²) in [4.78, 5) is 12.4. The smallest absolute Gasteiger partial charge is 0.193 e. The second kappa shape index (κ2) is 10.1. The third-order valence-corrected chi connectivity index (χ3v) is 5.50. The van der Waals surface area contributed by atoms with Gasteiger partial charge in [0.1, 0.15) is 0 Å². The molecule has 25 heavy (non-hydrogen) atoms. The zero-order valence-corrected chi connectivity index (χ0v) is 18.1. The summed E-state index contributed by atoms with van der Waals surface area (Å²) in [6.45, 7) is 5.01. The molecule has 0 aliphatic carbocycles. The lowest BCUT2D eigenvalue weighted by atomic mass is 9.90. The zero-order valence-electron chi connectivity index (χ0n) is 14.9. The highest BCUT2D eigenvalue weighted by Crippen LogP contribution is 2.21. The molecular weight excluding hydrogens is 443 g/mol. The van der Waals surface area contributed by atoms with Crippen LogP contribution in [0.3, 0.4) is 0 Å². The summed E-state index contributed by atoms with van der Waals surface area (Å²) in [7, 11) is 1.87. The number of thiazole rings is 1. The van der Waals surface area contributed by atoms with Crippen LogP contribution in [0.15, 0.2) is 41.5 Å². The van der Waals surface area contributed by atoms with Crippen LogP contribution in [-0.2, 0) is 13.0 Å². The first-order valence-corrected chi connectivity index (χ1v) is 9.47. The van der Waals surface area contributed by atoms with Crippen LogP contribution in [0.1, 0.15) is 28.3 Å². The van der Waals surface area contributed by atoms with E-state index >= 15 is 0 Å². The number of nitrogens with zero attached hydrogens (tertiary/aromatic N) is 3. The number of aryl methyl sites for hydroxylation is 1. The molecule has 0 atom stereocenters. The zero-order chi connectivity index (χ0) is 16.8. The lowest BCUT2D eigenvalue weighted by Crippen LogP contribution is -2.45. The third kappa shape index (κ3) is 5.95. The minimum Gasteiger partial charge on any atom is -0.351 e. The van der Waals surface area contributed by atoms with Crippen LogP contribution in [0, 0.1) is 12.8 Å². The first kappa shape index (κ1) is 20.2. The van der Waals surface area contributed by atoms with Crippen molar-refractivity contribution in [3.8, 4) is 0 Å². The van der Waals surface area contributed by atoms with Gasteiger partial charge in [0.25, 0.3) is 0 Å². The Morgan fingerprint density at radius 2 is 2.00 bits per heavy atom. The van der Waals surface area contributed by atoms with E-state index in [0.717, 1.165) is 36.5 Å². The van der Waals surface area contributed by atoms with Gasteiger partial charge in [-0.25, -0.2) is 4.98 Å². The van der Waals surface area contributed by atoms with Gasteiger partial charge >= 0.3 is 0 Å². The van der Waals surface area contributed by atoms with Crippen LogP contribution >= 0.6 is 35.3 Å². The number of halogens is 1. The Labute approximate surface area is 171 Å². The monoisotopic (exact) mass is 470 g/mol. The van der Waals surface area contributed by atoms with E-state index in [2.05, 4.69) is 50.5 Å². The number of nitrogens with one attached hydrogen (secondary N) is 1. The first-order valence-electron chi connectivity index (χ1n) is 8.65. The molecule has 6 heteroatoms. The molecule has 2 heterocycles. The molecule has 1 aromatic carbocycles. The quantitative estimate of drug-likeness (QED) is 0.416. The second-order valence-corrected chi connectivity index (χ2v) is 7.69.